The number of amides is 3. The molecule has 1 atom stereocenters. The third-order valence-electron chi connectivity index (χ3n) is 2.98. The minimum atomic E-state index is -1.22. The number of esters is 1. The van der Waals surface area contributed by atoms with Gasteiger partial charge in [0.1, 0.15) is 5.82 Å². The number of ether oxygens (including phenoxy) is 1. The highest BCUT2D eigenvalue weighted by Crippen LogP contribution is 2.25. The van der Waals surface area contributed by atoms with Gasteiger partial charge in [0.2, 0.25) is 0 Å². The average Bonchev–Trinajstić information content (AvgIpc) is 2.87. The Labute approximate surface area is 135 Å². The Morgan fingerprint density at radius 1 is 1.36 bits per heavy atom. The first kappa shape index (κ1) is 16.5. The number of urea groups is 1. The Balaban J connectivity index is 2.10. The monoisotopic (exact) mass is 348 g/mol. The smallest absolute Gasteiger partial charge is 0.340 e. The Bertz CT molecular complexity index is 653. The van der Waals surface area contributed by atoms with Crippen molar-refractivity contribution in [2.45, 2.75) is 13.0 Å². The zero-order chi connectivity index (χ0) is 16.4. The quantitative estimate of drug-likeness (QED) is 0.671. The molecule has 1 aromatic rings. The van der Waals surface area contributed by atoms with Gasteiger partial charge in [-0.05, 0) is 19.1 Å². The summed E-state index contributed by atoms with van der Waals surface area (Å²) in [4.78, 5) is 36.3. The lowest BCUT2D eigenvalue weighted by Crippen LogP contribution is -2.41. The highest BCUT2D eigenvalue weighted by atomic mass is 35.5. The topological polar surface area (TPSA) is 75.7 Å². The molecule has 2 rings (SSSR count). The molecule has 1 heterocycles. The molecule has 3 amide bonds. The molecule has 0 aromatic heterocycles. The van der Waals surface area contributed by atoms with E-state index in [0.29, 0.717) is 6.54 Å². The maximum absolute atomic E-state index is 13.4. The first-order chi connectivity index (χ1) is 10.3. The molecule has 0 bridgehead atoms. The number of rotatable bonds is 3. The minimum absolute atomic E-state index is 0.102. The summed E-state index contributed by atoms with van der Waals surface area (Å²) >= 11 is 11.3. The molecule has 1 fully saturated rings. The van der Waals surface area contributed by atoms with Gasteiger partial charge in [0.25, 0.3) is 5.91 Å². The van der Waals surface area contributed by atoms with Gasteiger partial charge in [0, 0.05) is 13.1 Å². The number of carbonyl (C=O) groups excluding carboxylic acids is 3. The zero-order valence-electron chi connectivity index (χ0n) is 11.4. The molecule has 0 spiro atoms. The summed E-state index contributed by atoms with van der Waals surface area (Å²) in [5.74, 6) is -2.49. The highest BCUT2D eigenvalue weighted by molar-refractivity contribution is 6.36. The molecule has 1 saturated heterocycles. The van der Waals surface area contributed by atoms with Crippen LogP contribution >= 0.6 is 23.2 Å². The second-order valence-corrected chi connectivity index (χ2v) is 5.33. The number of imide groups is 1. The summed E-state index contributed by atoms with van der Waals surface area (Å²) in [7, 11) is 0. The van der Waals surface area contributed by atoms with Crippen LogP contribution in [0.15, 0.2) is 12.1 Å². The van der Waals surface area contributed by atoms with Crippen LogP contribution in [0.4, 0.5) is 9.18 Å². The van der Waals surface area contributed by atoms with Gasteiger partial charge in [-0.3, -0.25) is 9.69 Å². The van der Waals surface area contributed by atoms with E-state index in [0.717, 1.165) is 17.0 Å². The van der Waals surface area contributed by atoms with Gasteiger partial charge in [0.05, 0.1) is 15.6 Å². The van der Waals surface area contributed by atoms with Crippen molar-refractivity contribution in [3.05, 3.63) is 33.6 Å². The second kappa shape index (κ2) is 6.50. The predicted molar refractivity (Wildman–Crippen MR) is 76.4 cm³/mol. The van der Waals surface area contributed by atoms with Gasteiger partial charge in [0.15, 0.2) is 6.10 Å². The molecule has 1 N–H and O–H groups in total. The number of nitrogens with zero attached hydrogens (tertiary/aromatic N) is 1. The minimum Gasteiger partial charge on any atom is -0.449 e. The lowest BCUT2D eigenvalue weighted by molar-refractivity contribution is -0.136. The standard InChI is InChI=1S/C13H11Cl2FN2O4/c1-6(11(19)18-3-2-17-13(18)21)22-12(20)7-4-10(16)9(15)5-8(7)14/h4-6H,2-3H2,1H3,(H,17,21)/t6-/m1/s1. The number of hydrogen-bond acceptors (Lipinski definition) is 4. The second-order valence-electron chi connectivity index (χ2n) is 4.52. The van der Waals surface area contributed by atoms with Gasteiger partial charge in [-0.25, -0.2) is 14.0 Å². The van der Waals surface area contributed by atoms with Crippen LogP contribution in [0.25, 0.3) is 0 Å². The van der Waals surface area contributed by atoms with Crippen LogP contribution < -0.4 is 5.32 Å². The van der Waals surface area contributed by atoms with Gasteiger partial charge in [-0.15, -0.1) is 0 Å². The predicted octanol–water partition coefficient (Wildman–Crippen LogP) is 2.23. The van der Waals surface area contributed by atoms with Crippen LogP contribution in [0.2, 0.25) is 10.0 Å². The fourth-order valence-electron chi connectivity index (χ4n) is 1.85. The molecule has 1 aliphatic rings. The number of hydrogen-bond donors (Lipinski definition) is 1. The van der Waals surface area contributed by atoms with E-state index in [4.69, 9.17) is 27.9 Å². The van der Waals surface area contributed by atoms with E-state index >= 15 is 0 Å². The summed E-state index contributed by atoms with van der Waals surface area (Å²) in [6.45, 7) is 1.83. The maximum Gasteiger partial charge on any atom is 0.340 e. The van der Waals surface area contributed by atoms with Crippen LogP contribution in [0.1, 0.15) is 17.3 Å². The van der Waals surface area contributed by atoms with Crippen molar-refractivity contribution in [2.24, 2.45) is 0 Å². The van der Waals surface area contributed by atoms with E-state index in [2.05, 4.69) is 5.32 Å². The fraction of sp³-hybridized carbons (Fsp3) is 0.308. The van der Waals surface area contributed by atoms with Crippen molar-refractivity contribution in [1.29, 1.82) is 0 Å². The normalized spacial score (nSPS) is 15.5. The average molecular weight is 349 g/mol. The summed E-state index contributed by atoms with van der Waals surface area (Å²) < 4.78 is 18.3. The van der Waals surface area contributed by atoms with Gasteiger partial charge >= 0.3 is 12.0 Å². The van der Waals surface area contributed by atoms with E-state index in [1.54, 1.807) is 0 Å². The molecule has 0 saturated carbocycles. The molecule has 9 heteroatoms. The van der Waals surface area contributed by atoms with Crippen molar-refractivity contribution < 1.29 is 23.5 Å². The van der Waals surface area contributed by atoms with Crippen molar-refractivity contribution in [3.8, 4) is 0 Å². The van der Waals surface area contributed by atoms with Crippen LogP contribution in [0.5, 0.6) is 0 Å². The van der Waals surface area contributed by atoms with Gasteiger partial charge in [-0.2, -0.15) is 0 Å². The van der Waals surface area contributed by atoms with Crippen molar-refractivity contribution >= 4 is 41.1 Å². The fourth-order valence-corrected chi connectivity index (χ4v) is 2.32. The molecule has 1 aromatic carbocycles. The molecule has 0 radical (unpaired) electrons. The summed E-state index contributed by atoms with van der Waals surface area (Å²) in [6.07, 6.45) is -1.22. The summed E-state index contributed by atoms with van der Waals surface area (Å²) in [5, 5.41) is 2.11. The first-order valence-electron chi connectivity index (χ1n) is 6.26. The van der Waals surface area contributed by atoms with E-state index in [9.17, 15) is 18.8 Å². The lowest BCUT2D eigenvalue weighted by Gasteiger charge is -2.18. The van der Waals surface area contributed by atoms with E-state index < -0.39 is 29.8 Å². The molecule has 0 aliphatic carbocycles. The van der Waals surface area contributed by atoms with Gasteiger partial charge in [-0.1, -0.05) is 23.2 Å². The van der Waals surface area contributed by atoms with Crippen LogP contribution in [0, 0.1) is 5.82 Å². The number of benzene rings is 1. The zero-order valence-corrected chi connectivity index (χ0v) is 12.9. The van der Waals surface area contributed by atoms with E-state index in [1.807, 2.05) is 0 Å². The van der Waals surface area contributed by atoms with Crippen molar-refractivity contribution in [3.63, 3.8) is 0 Å². The maximum atomic E-state index is 13.4. The number of halogens is 3. The molecule has 118 valence electrons. The highest BCUT2D eigenvalue weighted by Gasteiger charge is 2.32. The molecular formula is C13H11Cl2FN2O4. The van der Waals surface area contributed by atoms with Crippen molar-refractivity contribution in [1.82, 2.24) is 10.2 Å². The molecule has 1 aliphatic heterocycles. The molecule has 6 nitrogen and oxygen atoms in total. The van der Waals surface area contributed by atoms with Gasteiger partial charge < -0.3 is 10.1 Å². The third-order valence-corrected chi connectivity index (χ3v) is 3.59. The largest absolute Gasteiger partial charge is 0.449 e. The molecule has 0 unspecified atom stereocenters. The Hall–Kier alpha value is -1.86. The first-order valence-corrected chi connectivity index (χ1v) is 7.01. The number of nitrogens with one attached hydrogen (secondary N) is 1. The lowest BCUT2D eigenvalue weighted by atomic mass is 10.2. The van der Waals surface area contributed by atoms with E-state index in [1.165, 1.54) is 6.92 Å². The van der Waals surface area contributed by atoms with Crippen LogP contribution in [0.3, 0.4) is 0 Å². The molecule has 22 heavy (non-hydrogen) atoms. The SMILES string of the molecule is C[C@@H](OC(=O)c1cc(F)c(Cl)cc1Cl)C(=O)N1CCNC1=O. The summed E-state index contributed by atoms with van der Waals surface area (Å²) in [5.41, 5.74) is -0.255. The third kappa shape index (κ3) is 3.31. The summed E-state index contributed by atoms with van der Waals surface area (Å²) in [6, 6.07) is 1.34. The van der Waals surface area contributed by atoms with Crippen molar-refractivity contribution in [2.75, 3.05) is 13.1 Å². The number of carbonyl (C=O) groups is 3. The Kier molecular flexibility index (Phi) is 4.87. The van der Waals surface area contributed by atoms with E-state index in [-0.39, 0.29) is 22.2 Å². The molecular weight excluding hydrogens is 338 g/mol. The van der Waals surface area contributed by atoms with Crippen LogP contribution in [-0.4, -0.2) is 42.0 Å². The van der Waals surface area contributed by atoms with Crippen LogP contribution in [-0.2, 0) is 9.53 Å². The Morgan fingerprint density at radius 2 is 2.05 bits per heavy atom. The Morgan fingerprint density at radius 3 is 2.64 bits per heavy atom.